The van der Waals surface area contributed by atoms with E-state index in [0.717, 1.165) is 5.56 Å². The van der Waals surface area contributed by atoms with Crippen LogP contribution in [0.15, 0.2) is 56.5 Å². The minimum atomic E-state index is -0.643. The number of hydrogen-bond donors (Lipinski definition) is 2. The molecule has 204 valence electrons. The van der Waals surface area contributed by atoms with Crippen LogP contribution < -0.4 is 21.8 Å². The maximum atomic E-state index is 14.9. The summed E-state index contributed by atoms with van der Waals surface area (Å²) in [5, 5.41) is 5.92. The number of aryl methyl sites for hydroxylation is 1. The predicted molar refractivity (Wildman–Crippen MR) is 157 cm³/mol. The van der Waals surface area contributed by atoms with Gasteiger partial charge in [-0.2, -0.15) is 0 Å². The number of carbonyl (C=O) groups excluding carboxylic acids is 1. The third-order valence-electron chi connectivity index (χ3n) is 6.61. The molecule has 4 rings (SSSR count). The number of hydrogen-bond acceptors (Lipinski definition) is 7. The van der Waals surface area contributed by atoms with Crippen molar-refractivity contribution in [1.29, 1.82) is 0 Å². The molecule has 2 aromatic heterocycles. The van der Waals surface area contributed by atoms with Gasteiger partial charge in [0.05, 0.1) is 16.9 Å². The molecule has 0 unspecified atom stereocenters. The van der Waals surface area contributed by atoms with Gasteiger partial charge in [-0.25, -0.2) is 9.18 Å². The van der Waals surface area contributed by atoms with Crippen LogP contribution in [-0.4, -0.2) is 34.6 Å². The lowest BCUT2D eigenvalue weighted by atomic mass is 9.99. The van der Waals surface area contributed by atoms with Gasteiger partial charge in [0.1, 0.15) is 11.2 Å². The summed E-state index contributed by atoms with van der Waals surface area (Å²) >= 11 is 1.54. The van der Waals surface area contributed by atoms with Crippen LogP contribution in [0.4, 0.5) is 21.5 Å². The van der Waals surface area contributed by atoms with Crippen molar-refractivity contribution in [2.24, 2.45) is 0 Å². The Bertz CT molecular complexity index is 1700. The van der Waals surface area contributed by atoms with Crippen LogP contribution in [-0.2, 0) is 11.3 Å². The van der Waals surface area contributed by atoms with Crippen molar-refractivity contribution in [2.45, 2.75) is 34.2 Å². The fourth-order valence-electron chi connectivity index (χ4n) is 4.50. The van der Waals surface area contributed by atoms with E-state index in [2.05, 4.69) is 10.6 Å². The SMILES string of the molecule is CSN(C)CCn1c(C)c(-c2cccc(NC(C)=O)c2)c2oc(=O)c(C)c(Nc3ccc(C)cc3F)c2c1=O. The second-order valence-corrected chi connectivity index (χ2v) is 10.4. The Balaban J connectivity index is 2.07. The molecule has 39 heavy (non-hydrogen) atoms. The number of carbonyl (C=O) groups is 1. The Morgan fingerprint density at radius 2 is 1.87 bits per heavy atom. The summed E-state index contributed by atoms with van der Waals surface area (Å²) in [6, 6.07) is 11.8. The molecule has 0 saturated heterocycles. The van der Waals surface area contributed by atoms with E-state index in [1.807, 2.05) is 23.7 Å². The molecule has 0 spiro atoms. The topological polar surface area (TPSA) is 96.6 Å². The van der Waals surface area contributed by atoms with E-state index in [1.54, 1.807) is 67.6 Å². The zero-order valence-corrected chi connectivity index (χ0v) is 23.6. The number of nitrogens with one attached hydrogen (secondary N) is 2. The van der Waals surface area contributed by atoms with E-state index in [1.165, 1.54) is 13.0 Å². The monoisotopic (exact) mass is 550 g/mol. The van der Waals surface area contributed by atoms with Gasteiger partial charge in [0.2, 0.25) is 5.91 Å². The molecule has 0 aliphatic rings. The fourth-order valence-corrected chi connectivity index (χ4v) is 4.76. The first kappa shape index (κ1) is 28.1. The number of pyridine rings is 1. The number of halogens is 1. The van der Waals surface area contributed by atoms with Crippen LogP contribution in [0.5, 0.6) is 0 Å². The van der Waals surface area contributed by atoms with Crippen molar-refractivity contribution in [3.8, 4) is 11.1 Å². The fraction of sp³-hybridized carbons (Fsp3) is 0.276. The molecule has 10 heteroatoms. The minimum absolute atomic E-state index is 0.0950. The lowest BCUT2D eigenvalue weighted by Crippen LogP contribution is -2.29. The lowest BCUT2D eigenvalue weighted by molar-refractivity contribution is -0.114. The van der Waals surface area contributed by atoms with E-state index < -0.39 is 11.4 Å². The van der Waals surface area contributed by atoms with Gasteiger partial charge in [-0.15, -0.1) is 0 Å². The number of anilines is 3. The molecule has 0 fully saturated rings. The molecule has 4 aromatic rings. The smallest absolute Gasteiger partial charge is 0.341 e. The Kier molecular flexibility index (Phi) is 8.27. The average Bonchev–Trinajstić information content (AvgIpc) is 2.87. The number of aromatic nitrogens is 1. The van der Waals surface area contributed by atoms with Gasteiger partial charge in [0.25, 0.3) is 5.56 Å². The summed E-state index contributed by atoms with van der Waals surface area (Å²) in [6.45, 7) is 7.48. The number of benzene rings is 2. The van der Waals surface area contributed by atoms with Crippen molar-refractivity contribution < 1.29 is 13.6 Å². The van der Waals surface area contributed by atoms with Crippen molar-refractivity contribution in [3.05, 3.63) is 85.9 Å². The van der Waals surface area contributed by atoms with Gasteiger partial charge < -0.3 is 19.6 Å². The van der Waals surface area contributed by atoms with E-state index >= 15 is 0 Å². The van der Waals surface area contributed by atoms with Crippen LogP contribution in [0.25, 0.3) is 22.1 Å². The first-order chi connectivity index (χ1) is 18.5. The van der Waals surface area contributed by atoms with Crippen LogP contribution in [0, 0.1) is 26.6 Å². The average molecular weight is 551 g/mol. The number of nitrogens with zero attached hydrogens (tertiary/aromatic N) is 2. The van der Waals surface area contributed by atoms with Gasteiger partial charge in [-0.1, -0.05) is 30.1 Å². The molecule has 0 aliphatic heterocycles. The maximum absolute atomic E-state index is 14.9. The molecule has 2 N–H and O–H groups in total. The number of likely N-dealkylation sites (N-methyl/N-ethyl adjacent to an activating group) is 1. The van der Waals surface area contributed by atoms with Gasteiger partial charge in [0.15, 0.2) is 5.58 Å². The van der Waals surface area contributed by atoms with Crippen molar-refractivity contribution in [1.82, 2.24) is 8.87 Å². The van der Waals surface area contributed by atoms with Crippen LogP contribution in [0.1, 0.15) is 23.7 Å². The zero-order chi connectivity index (χ0) is 28.4. The molecule has 2 heterocycles. The van der Waals surface area contributed by atoms with E-state index in [0.29, 0.717) is 35.6 Å². The second-order valence-electron chi connectivity index (χ2n) is 9.42. The Labute approximate surface area is 230 Å². The van der Waals surface area contributed by atoms with Gasteiger partial charge in [0, 0.05) is 37.0 Å². The molecule has 0 radical (unpaired) electrons. The highest BCUT2D eigenvalue weighted by Gasteiger charge is 2.24. The molecule has 0 bridgehead atoms. The molecule has 8 nitrogen and oxygen atoms in total. The molecular formula is C29H31FN4O4S. The number of rotatable bonds is 8. The van der Waals surface area contributed by atoms with E-state index in [9.17, 15) is 18.8 Å². The Hall–Kier alpha value is -3.89. The highest BCUT2D eigenvalue weighted by molar-refractivity contribution is 7.96. The zero-order valence-electron chi connectivity index (χ0n) is 22.8. The summed E-state index contributed by atoms with van der Waals surface area (Å²) in [7, 11) is 1.93. The van der Waals surface area contributed by atoms with Crippen LogP contribution in [0.3, 0.4) is 0 Å². The highest BCUT2D eigenvalue weighted by Crippen LogP contribution is 2.36. The second kappa shape index (κ2) is 11.5. The third kappa shape index (κ3) is 5.76. The number of amides is 1. The van der Waals surface area contributed by atoms with E-state index in [-0.39, 0.29) is 39.4 Å². The predicted octanol–water partition coefficient (Wildman–Crippen LogP) is 5.60. The summed E-state index contributed by atoms with van der Waals surface area (Å²) < 4.78 is 24.3. The van der Waals surface area contributed by atoms with Gasteiger partial charge >= 0.3 is 5.63 Å². The standard InChI is InChI=1S/C29H31FN4O4S/c1-16-10-11-23(22(30)14-16)32-26-17(2)29(37)38-27-24(20-8-7-9-21(15-20)31-19(4)35)18(3)34(28(36)25(26)27)13-12-33(5)39-6/h7-11,14-15,32H,12-13H2,1-6H3,(H,31,35). The normalized spacial score (nSPS) is 11.3. The molecule has 2 aromatic carbocycles. The minimum Gasteiger partial charge on any atom is -0.421 e. The molecule has 0 aliphatic carbocycles. The highest BCUT2D eigenvalue weighted by atomic mass is 32.2. The van der Waals surface area contributed by atoms with Crippen molar-refractivity contribution in [2.75, 3.05) is 30.5 Å². The van der Waals surface area contributed by atoms with Crippen molar-refractivity contribution in [3.63, 3.8) is 0 Å². The molecule has 0 saturated carbocycles. The van der Waals surface area contributed by atoms with Crippen molar-refractivity contribution >= 4 is 45.9 Å². The van der Waals surface area contributed by atoms with Crippen LogP contribution in [0.2, 0.25) is 0 Å². The summed E-state index contributed by atoms with van der Waals surface area (Å²) in [4.78, 5) is 38.8. The molecule has 1 amide bonds. The Morgan fingerprint density at radius 1 is 1.13 bits per heavy atom. The quantitative estimate of drug-likeness (QED) is 0.276. The van der Waals surface area contributed by atoms with Gasteiger partial charge in [-0.3, -0.25) is 13.9 Å². The summed E-state index contributed by atoms with van der Waals surface area (Å²) in [5.74, 6) is -0.736. The lowest BCUT2D eigenvalue weighted by Gasteiger charge is -2.21. The molecule has 0 atom stereocenters. The third-order valence-corrected chi connectivity index (χ3v) is 7.42. The van der Waals surface area contributed by atoms with Crippen LogP contribution >= 0.6 is 11.9 Å². The Morgan fingerprint density at radius 3 is 2.54 bits per heavy atom. The summed E-state index contributed by atoms with van der Waals surface area (Å²) in [5.41, 5.74) is 2.66. The number of fused-ring (bicyclic) bond motifs is 1. The maximum Gasteiger partial charge on any atom is 0.341 e. The van der Waals surface area contributed by atoms with Gasteiger partial charge in [-0.05, 0) is 69.5 Å². The molecular weight excluding hydrogens is 519 g/mol. The van der Waals surface area contributed by atoms with E-state index in [4.69, 9.17) is 4.42 Å². The first-order valence-electron chi connectivity index (χ1n) is 12.4. The first-order valence-corrected chi connectivity index (χ1v) is 13.6. The largest absolute Gasteiger partial charge is 0.421 e. The summed E-state index contributed by atoms with van der Waals surface area (Å²) in [6.07, 6.45) is 1.95.